The van der Waals surface area contributed by atoms with Gasteiger partial charge in [-0.1, -0.05) is 17.7 Å². The van der Waals surface area contributed by atoms with Crippen LogP contribution in [0.15, 0.2) is 45.1 Å². The lowest BCUT2D eigenvalue weighted by Gasteiger charge is -2.38. The van der Waals surface area contributed by atoms with Gasteiger partial charge >= 0.3 is 6.18 Å². The molecule has 1 atom stereocenters. The van der Waals surface area contributed by atoms with Crippen LogP contribution in [0.5, 0.6) is 5.75 Å². The minimum atomic E-state index is -4.37. The molecule has 4 heterocycles. The molecule has 2 aromatic heterocycles. The molecule has 4 aromatic rings. The smallest absolute Gasteiger partial charge is 0.401 e. The van der Waals surface area contributed by atoms with E-state index in [2.05, 4.69) is 15.1 Å². The van der Waals surface area contributed by atoms with E-state index in [1.807, 2.05) is 0 Å². The number of nitrogens with two attached hydrogens (primary N) is 1. The van der Waals surface area contributed by atoms with E-state index in [0.29, 0.717) is 0 Å². The Kier molecular flexibility index (Phi) is 8.18. The van der Waals surface area contributed by atoms with E-state index < -0.39 is 36.0 Å². The van der Waals surface area contributed by atoms with Gasteiger partial charge in [0.15, 0.2) is 23.2 Å². The first-order valence-electron chi connectivity index (χ1n) is 14.1. The summed E-state index contributed by atoms with van der Waals surface area (Å²) in [6, 6.07) is 6.43. The summed E-state index contributed by atoms with van der Waals surface area (Å²) in [7, 11) is 1.21. The van der Waals surface area contributed by atoms with Crippen LogP contribution < -0.4 is 21.0 Å². The molecule has 242 valence electrons. The van der Waals surface area contributed by atoms with E-state index >= 15 is 4.39 Å². The average molecular weight is 664 g/mol. The number of nitrogens with zero attached hydrogens (tertiary/aromatic N) is 8. The molecule has 2 aliphatic heterocycles. The predicted octanol–water partition coefficient (Wildman–Crippen LogP) is 4.05. The van der Waals surface area contributed by atoms with Crippen molar-refractivity contribution < 1.29 is 26.7 Å². The highest BCUT2D eigenvalue weighted by Gasteiger charge is 2.35. The number of hydrogen-bond acceptors (Lipinski definition) is 9. The van der Waals surface area contributed by atoms with E-state index in [9.17, 15) is 22.4 Å². The number of methoxy groups -OCH3 is 1. The van der Waals surface area contributed by atoms with Crippen molar-refractivity contribution in [3.63, 3.8) is 0 Å². The number of halogens is 6. The molecule has 0 spiro atoms. The Balaban J connectivity index is 1.52. The maximum atomic E-state index is 15.4. The van der Waals surface area contributed by atoms with Gasteiger partial charge in [-0.25, -0.2) is 23.7 Å². The monoisotopic (exact) mass is 663 g/mol. The Labute approximate surface area is 263 Å². The Morgan fingerprint density at radius 1 is 1.09 bits per heavy atom. The second kappa shape index (κ2) is 12.0. The molecule has 0 saturated carbocycles. The van der Waals surface area contributed by atoms with E-state index in [4.69, 9.17) is 27.1 Å². The van der Waals surface area contributed by atoms with Crippen LogP contribution in [0.1, 0.15) is 24.4 Å². The summed E-state index contributed by atoms with van der Waals surface area (Å²) in [5.41, 5.74) is 5.89. The number of aromatic nitrogens is 4. The van der Waals surface area contributed by atoms with Gasteiger partial charge in [-0.05, 0) is 31.2 Å². The summed E-state index contributed by atoms with van der Waals surface area (Å²) in [4.78, 5) is 28.8. The first-order chi connectivity index (χ1) is 21.9. The minimum absolute atomic E-state index is 0.0204. The van der Waals surface area contributed by atoms with Gasteiger partial charge in [-0.3, -0.25) is 14.7 Å². The van der Waals surface area contributed by atoms with Gasteiger partial charge < -0.3 is 15.5 Å². The van der Waals surface area contributed by atoms with Gasteiger partial charge in [0.1, 0.15) is 17.6 Å². The van der Waals surface area contributed by atoms with Crippen molar-refractivity contribution in [1.82, 2.24) is 24.3 Å². The van der Waals surface area contributed by atoms with Gasteiger partial charge in [0, 0.05) is 38.0 Å². The fraction of sp³-hybridized carbons (Fsp3) is 0.345. The number of rotatable bonds is 6. The molecular weight excluding hydrogens is 637 g/mol. The Morgan fingerprint density at radius 2 is 1.83 bits per heavy atom. The lowest BCUT2D eigenvalue weighted by atomic mass is 10.1. The van der Waals surface area contributed by atoms with E-state index in [1.54, 1.807) is 30.1 Å². The molecule has 1 saturated heterocycles. The third kappa shape index (κ3) is 5.55. The second-order valence-corrected chi connectivity index (χ2v) is 11.1. The fourth-order valence-electron chi connectivity index (χ4n) is 5.66. The maximum Gasteiger partial charge on any atom is 0.401 e. The molecule has 6 rings (SSSR count). The zero-order valence-electron chi connectivity index (χ0n) is 24.5. The number of fused-ring (bicyclic) bond motifs is 2. The zero-order chi connectivity index (χ0) is 32.9. The molecule has 17 heteroatoms. The highest BCUT2D eigenvalue weighted by Crippen LogP contribution is 2.38. The number of amidine groups is 1. The molecule has 1 fully saturated rings. The highest BCUT2D eigenvalue weighted by atomic mass is 35.5. The topological polar surface area (TPSA) is 119 Å². The quantitative estimate of drug-likeness (QED) is 0.309. The van der Waals surface area contributed by atoms with Crippen LogP contribution in [0.3, 0.4) is 0 Å². The first kappa shape index (κ1) is 31.4. The molecule has 0 aliphatic carbocycles. The van der Waals surface area contributed by atoms with Crippen LogP contribution in [-0.2, 0) is 0 Å². The van der Waals surface area contributed by atoms with Gasteiger partial charge in [-0.2, -0.15) is 22.7 Å². The summed E-state index contributed by atoms with van der Waals surface area (Å²) in [5.74, 6) is -2.48. The largest absolute Gasteiger partial charge is 0.494 e. The van der Waals surface area contributed by atoms with Crippen LogP contribution in [0, 0.1) is 11.6 Å². The van der Waals surface area contributed by atoms with Gasteiger partial charge in [0.05, 0.1) is 41.7 Å². The molecule has 11 nitrogen and oxygen atoms in total. The summed E-state index contributed by atoms with van der Waals surface area (Å²) in [6.07, 6.45) is -2.90. The van der Waals surface area contributed by atoms with Crippen molar-refractivity contribution >= 4 is 40.4 Å². The molecule has 2 aromatic carbocycles. The molecule has 1 unspecified atom stereocenters. The highest BCUT2D eigenvalue weighted by molar-refractivity contribution is 6.35. The predicted molar refractivity (Wildman–Crippen MR) is 163 cm³/mol. The van der Waals surface area contributed by atoms with Crippen LogP contribution in [0.2, 0.25) is 5.02 Å². The third-order valence-corrected chi connectivity index (χ3v) is 8.16. The number of hydrogen-bond donors (Lipinski definition) is 1. The lowest BCUT2D eigenvalue weighted by Crippen LogP contribution is -2.56. The number of alkyl halides is 3. The van der Waals surface area contributed by atoms with Crippen molar-refractivity contribution in [2.24, 2.45) is 15.7 Å². The van der Waals surface area contributed by atoms with Crippen molar-refractivity contribution in [2.75, 3.05) is 51.4 Å². The normalized spacial score (nSPS) is 16.3. The number of aliphatic imine (C=N–C) groups is 2. The Morgan fingerprint density at radius 3 is 2.52 bits per heavy atom. The fourth-order valence-corrected chi connectivity index (χ4v) is 5.91. The van der Waals surface area contributed by atoms with E-state index in [1.165, 1.54) is 39.7 Å². The summed E-state index contributed by atoms with van der Waals surface area (Å²) < 4.78 is 77.1. The van der Waals surface area contributed by atoms with Crippen molar-refractivity contribution in [3.05, 3.63) is 68.7 Å². The van der Waals surface area contributed by atoms with Crippen LogP contribution >= 0.6 is 11.6 Å². The molecule has 2 aliphatic rings. The third-order valence-electron chi connectivity index (χ3n) is 7.84. The molecular formula is C29H27ClF5N9O2. The summed E-state index contributed by atoms with van der Waals surface area (Å²) >= 11 is 6.42. The summed E-state index contributed by atoms with van der Waals surface area (Å²) in [5, 5.41) is 6.50. The molecule has 0 radical (unpaired) electrons. The Hall–Kier alpha value is -4.57. The molecule has 0 amide bonds. The zero-order valence-corrected chi connectivity index (χ0v) is 25.3. The Bertz CT molecular complexity index is 1950. The van der Waals surface area contributed by atoms with Crippen LogP contribution in [-0.4, -0.2) is 88.9 Å². The SMILES string of the molecule is COc1ccc(-c2nn(C(C)c3nc4cccc(Cl)c4c(=O)n3N3CCN(CC(F)(F)F)CC3)c3c2C(N)=NCC=N3)c(F)c1F. The first-order valence-corrected chi connectivity index (χ1v) is 14.5. The maximum absolute atomic E-state index is 15.4. The van der Waals surface area contributed by atoms with Crippen LogP contribution in [0.25, 0.3) is 22.2 Å². The molecule has 46 heavy (non-hydrogen) atoms. The van der Waals surface area contributed by atoms with Crippen molar-refractivity contribution in [1.29, 1.82) is 0 Å². The molecule has 0 bridgehead atoms. The van der Waals surface area contributed by atoms with Gasteiger partial charge in [0.25, 0.3) is 5.56 Å². The summed E-state index contributed by atoms with van der Waals surface area (Å²) in [6.45, 7) is 0.903. The number of ether oxygens (including phenoxy) is 1. The number of benzene rings is 2. The van der Waals surface area contributed by atoms with E-state index in [0.717, 1.165) is 0 Å². The van der Waals surface area contributed by atoms with Crippen molar-refractivity contribution in [2.45, 2.75) is 19.1 Å². The second-order valence-electron chi connectivity index (χ2n) is 10.7. The lowest BCUT2D eigenvalue weighted by molar-refractivity contribution is -0.146. The minimum Gasteiger partial charge on any atom is -0.494 e. The van der Waals surface area contributed by atoms with Gasteiger partial charge in [-0.15, -0.1) is 0 Å². The van der Waals surface area contributed by atoms with Crippen LogP contribution in [0.4, 0.5) is 27.8 Å². The molecule has 2 N–H and O–H groups in total. The van der Waals surface area contributed by atoms with E-state index in [-0.39, 0.29) is 88.7 Å². The van der Waals surface area contributed by atoms with Gasteiger partial charge in [0.2, 0.25) is 5.82 Å². The average Bonchev–Trinajstić information content (AvgIpc) is 3.28. The van der Waals surface area contributed by atoms with Crippen molar-refractivity contribution in [3.8, 4) is 17.0 Å². The standard InChI is InChI=1S/C29H27ClF5N9O2/c1-15(43-27-21(25(36)37-8-9-38-27)24(40-43)16-6-7-19(46-2)23(32)22(16)31)26-39-18-5-3-4-17(30)20(18)28(45)44(26)42-12-10-41(11-13-42)14-29(33,34)35/h3-7,9,15H,8,10-14H2,1-2H3,(H2,36,37). The number of piperazine rings is 1.